The van der Waals surface area contributed by atoms with Gasteiger partial charge in [0.15, 0.2) is 0 Å². The van der Waals surface area contributed by atoms with E-state index in [0.29, 0.717) is 11.4 Å². The van der Waals surface area contributed by atoms with E-state index in [0.717, 1.165) is 16.3 Å². The van der Waals surface area contributed by atoms with Crippen LogP contribution in [0, 0.1) is 0 Å². The van der Waals surface area contributed by atoms with Gasteiger partial charge in [-0.1, -0.05) is 12.1 Å². The second kappa shape index (κ2) is 6.53. The van der Waals surface area contributed by atoms with Gasteiger partial charge in [0.2, 0.25) is 10.0 Å². The van der Waals surface area contributed by atoms with Crippen LogP contribution in [-0.2, 0) is 10.0 Å². The third-order valence-corrected chi connectivity index (χ3v) is 3.99. The van der Waals surface area contributed by atoms with Crippen LogP contribution >= 0.6 is 15.9 Å². The molecule has 22 heavy (non-hydrogen) atoms. The normalized spacial score (nSPS) is 12.7. The summed E-state index contributed by atoms with van der Waals surface area (Å²) >= 11 is 3.27. The second-order valence-corrected chi connectivity index (χ2v) is 7.59. The number of H-pyrrole nitrogens is 1. The molecule has 0 saturated heterocycles. The highest BCUT2D eigenvalue weighted by molar-refractivity contribution is 9.10. The van der Waals surface area contributed by atoms with Gasteiger partial charge in [-0.05, 0) is 46.6 Å². The maximum absolute atomic E-state index is 12.1. The van der Waals surface area contributed by atoms with Gasteiger partial charge in [0.05, 0.1) is 12.3 Å². The lowest BCUT2D eigenvalue weighted by Crippen LogP contribution is -2.27. The molecular formula is C14H16BrN3O3S. The molecule has 0 spiro atoms. The summed E-state index contributed by atoms with van der Waals surface area (Å²) in [4.78, 5) is 14.9. The molecular weight excluding hydrogens is 370 g/mol. The van der Waals surface area contributed by atoms with Gasteiger partial charge in [-0.15, -0.1) is 0 Å². The van der Waals surface area contributed by atoms with E-state index in [9.17, 15) is 13.2 Å². The van der Waals surface area contributed by atoms with Crippen molar-refractivity contribution in [2.45, 2.75) is 13.0 Å². The number of nitrogens with one attached hydrogen (secondary N) is 3. The molecule has 1 atom stereocenters. The molecule has 0 fully saturated rings. The highest BCUT2D eigenvalue weighted by Gasteiger charge is 2.13. The minimum absolute atomic E-state index is 0.236. The molecule has 6 nitrogen and oxygen atoms in total. The summed E-state index contributed by atoms with van der Waals surface area (Å²) in [6.45, 7) is 1.83. The number of hydrogen-bond acceptors (Lipinski definition) is 3. The molecule has 0 radical (unpaired) electrons. The van der Waals surface area contributed by atoms with Gasteiger partial charge in [-0.25, -0.2) is 8.42 Å². The lowest BCUT2D eigenvalue weighted by atomic mass is 10.1. The van der Waals surface area contributed by atoms with Crippen molar-refractivity contribution in [3.63, 3.8) is 0 Å². The lowest BCUT2D eigenvalue weighted by Gasteiger charge is -2.15. The van der Waals surface area contributed by atoms with Crippen molar-refractivity contribution < 1.29 is 13.2 Å². The Morgan fingerprint density at radius 2 is 2.05 bits per heavy atom. The number of hydrogen-bond donors (Lipinski definition) is 3. The Morgan fingerprint density at radius 3 is 2.64 bits per heavy atom. The molecule has 118 valence electrons. The number of benzene rings is 1. The van der Waals surface area contributed by atoms with Crippen molar-refractivity contribution in [1.29, 1.82) is 0 Å². The minimum atomic E-state index is -3.33. The molecule has 0 aliphatic carbocycles. The zero-order chi connectivity index (χ0) is 16.3. The van der Waals surface area contributed by atoms with Crippen LogP contribution in [0.5, 0.6) is 0 Å². The van der Waals surface area contributed by atoms with Crippen molar-refractivity contribution >= 4 is 37.5 Å². The number of aromatic nitrogens is 1. The topological polar surface area (TPSA) is 91.1 Å². The molecule has 1 aromatic carbocycles. The average Bonchev–Trinajstić information content (AvgIpc) is 2.84. The molecule has 0 aliphatic rings. The molecule has 0 saturated carbocycles. The van der Waals surface area contributed by atoms with Crippen LogP contribution in [0.3, 0.4) is 0 Å². The predicted octanol–water partition coefficient (Wildman–Crippen LogP) is 2.64. The molecule has 1 amide bonds. The summed E-state index contributed by atoms with van der Waals surface area (Å²) in [6.07, 6.45) is 2.77. The standard InChI is InChI=1S/C14H16BrN3O3S/c1-9(17-14(19)13-7-11(15)8-16-13)10-4-3-5-12(6-10)18-22(2,20)21/h3-9,16,18H,1-2H3,(H,17,19). The lowest BCUT2D eigenvalue weighted by molar-refractivity contribution is 0.0935. The monoisotopic (exact) mass is 385 g/mol. The maximum Gasteiger partial charge on any atom is 0.268 e. The third kappa shape index (κ3) is 4.60. The Kier molecular flexibility index (Phi) is 4.92. The highest BCUT2D eigenvalue weighted by Crippen LogP contribution is 2.19. The number of anilines is 1. The number of halogens is 1. The minimum Gasteiger partial charge on any atom is -0.356 e. The third-order valence-electron chi connectivity index (χ3n) is 2.93. The predicted molar refractivity (Wildman–Crippen MR) is 89.3 cm³/mol. The second-order valence-electron chi connectivity index (χ2n) is 4.93. The van der Waals surface area contributed by atoms with Crippen molar-refractivity contribution in [2.75, 3.05) is 11.0 Å². The molecule has 1 aromatic heterocycles. The van der Waals surface area contributed by atoms with E-state index in [-0.39, 0.29) is 11.9 Å². The van der Waals surface area contributed by atoms with Gasteiger partial charge in [-0.3, -0.25) is 9.52 Å². The fraction of sp³-hybridized carbons (Fsp3) is 0.214. The molecule has 2 rings (SSSR count). The van der Waals surface area contributed by atoms with Crippen LogP contribution < -0.4 is 10.0 Å². The molecule has 0 aliphatic heterocycles. The zero-order valence-electron chi connectivity index (χ0n) is 12.1. The molecule has 1 heterocycles. The van der Waals surface area contributed by atoms with Crippen molar-refractivity contribution in [3.05, 3.63) is 52.3 Å². The van der Waals surface area contributed by atoms with E-state index in [4.69, 9.17) is 0 Å². The Labute approximate surface area is 137 Å². The van der Waals surface area contributed by atoms with E-state index in [2.05, 4.69) is 31.0 Å². The van der Waals surface area contributed by atoms with Crippen LogP contribution in [0.2, 0.25) is 0 Å². The van der Waals surface area contributed by atoms with E-state index >= 15 is 0 Å². The van der Waals surface area contributed by atoms with Crippen LogP contribution in [0.25, 0.3) is 0 Å². The number of aromatic amines is 1. The van der Waals surface area contributed by atoms with E-state index in [1.54, 1.807) is 30.5 Å². The number of carbonyl (C=O) groups excluding carboxylic acids is 1. The molecule has 0 bridgehead atoms. The van der Waals surface area contributed by atoms with Crippen LogP contribution in [0.1, 0.15) is 29.0 Å². The van der Waals surface area contributed by atoms with Gasteiger partial charge in [-0.2, -0.15) is 0 Å². The van der Waals surface area contributed by atoms with E-state index < -0.39 is 10.0 Å². The first kappa shape index (κ1) is 16.6. The van der Waals surface area contributed by atoms with Gasteiger partial charge in [0.1, 0.15) is 5.69 Å². The SMILES string of the molecule is CC(NC(=O)c1cc(Br)c[nH]1)c1cccc(NS(C)(=O)=O)c1. The zero-order valence-corrected chi connectivity index (χ0v) is 14.5. The summed E-state index contributed by atoms with van der Waals surface area (Å²) in [7, 11) is -3.33. The number of carbonyl (C=O) groups is 1. The Hall–Kier alpha value is -1.80. The van der Waals surface area contributed by atoms with Crippen LogP contribution in [-0.4, -0.2) is 25.6 Å². The van der Waals surface area contributed by atoms with Crippen molar-refractivity contribution in [1.82, 2.24) is 10.3 Å². The largest absolute Gasteiger partial charge is 0.356 e. The van der Waals surface area contributed by atoms with Gasteiger partial charge < -0.3 is 10.3 Å². The van der Waals surface area contributed by atoms with E-state index in [1.165, 1.54) is 0 Å². The first-order chi connectivity index (χ1) is 10.2. The van der Waals surface area contributed by atoms with Crippen molar-refractivity contribution in [3.8, 4) is 0 Å². The quantitative estimate of drug-likeness (QED) is 0.738. The van der Waals surface area contributed by atoms with Crippen LogP contribution in [0.4, 0.5) is 5.69 Å². The average molecular weight is 386 g/mol. The number of rotatable bonds is 5. The van der Waals surface area contributed by atoms with Crippen LogP contribution in [0.15, 0.2) is 41.0 Å². The first-order valence-corrected chi connectivity index (χ1v) is 9.15. The first-order valence-electron chi connectivity index (χ1n) is 6.47. The molecule has 8 heteroatoms. The molecule has 2 aromatic rings. The Morgan fingerprint density at radius 1 is 1.32 bits per heavy atom. The summed E-state index contributed by atoms with van der Waals surface area (Å²) < 4.78 is 25.7. The summed E-state index contributed by atoms with van der Waals surface area (Å²) in [6, 6.07) is 8.32. The molecule has 1 unspecified atom stereocenters. The summed E-state index contributed by atoms with van der Waals surface area (Å²) in [5, 5.41) is 2.85. The highest BCUT2D eigenvalue weighted by atomic mass is 79.9. The van der Waals surface area contributed by atoms with Crippen molar-refractivity contribution in [2.24, 2.45) is 0 Å². The smallest absolute Gasteiger partial charge is 0.268 e. The van der Waals surface area contributed by atoms with Gasteiger partial charge in [0.25, 0.3) is 5.91 Å². The fourth-order valence-corrected chi connectivity index (χ4v) is 2.84. The Balaban J connectivity index is 2.11. The van der Waals surface area contributed by atoms with Gasteiger partial charge in [0, 0.05) is 16.4 Å². The maximum atomic E-state index is 12.1. The number of sulfonamides is 1. The molecule has 3 N–H and O–H groups in total. The number of amides is 1. The summed E-state index contributed by atoms with van der Waals surface area (Å²) in [5.41, 5.74) is 1.71. The van der Waals surface area contributed by atoms with E-state index in [1.807, 2.05) is 13.0 Å². The van der Waals surface area contributed by atoms with Gasteiger partial charge >= 0.3 is 0 Å². The Bertz CT molecular complexity index is 786. The summed E-state index contributed by atoms with van der Waals surface area (Å²) in [5.74, 6) is -0.236. The fourth-order valence-electron chi connectivity index (χ4n) is 1.94.